The Labute approximate surface area is 144 Å². The van der Waals surface area contributed by atoms with E-state index in [-0.39, 0.29) is 23.7 Å². The van der Waals surface area contributed by atoms with Gasteiger partial charge in [0.15, 0.2) is 0 Å². The molecule has 1 heterocycles. The first kappa shape index (κ1) is 17.0. The number of carbonyl (C=O) groups is 2. The Kier molecular flexibility index (Phi) is 4.93. The molecule has 2 unspecified atom stereocenters. The molecule has 3 rings (SSSR count). The van der Waals surface area contributed by atoms with E-state index >= 15 is 0 Å². The fraction of sp³-hybridized carbons (Fsp3) is 0.600. The zero-order chi connectivity index (χ0) is 17.3. The lowest BCUT2D eigenvalue weighted by Gasteiger charge is -2.30. The number of rotatable bonds is 4. The molecule has 0 aromatic heterocycles. The molecule has 2 aliphatic rings. The van der Waals surface area contributed by atoms with E-state index in [1.54, 1.807) is 0 Å². The maximum atomic E-state index is 12.6. The Morgan fingerprint density at radius 2 is 1.79 bits per heavy atom. The predicted octanol–water partition coefficient (Wildman–Crippen LogP) is 3.64. The Balaban J connectivity index is 1.57. The number of likely N-dealkylation sites (tertiary alicyclic amines) is 1. The minimum atomic E-state index is -0.155. The van der Waals surface area contributed by atoms with E-state index in [2.05, 4.69) is 26.1 Å². The largest absolute Gasteiger partial charge is 0.342 e. The first-order chi connectivity index (χ1) is 11.5. The molecule has 1 saturated carbocycles. The van der Waals surface area contributed by atoms with Crippen molar-refractivity contribution in [1.29, 1.82) is 0 Å². The van der Waals surface area contributed by atoms with Crippen molar-refractivity contribution < 1.29 is 9.59 Å². The lowest BCUT2D eigenvalue weighted by molar-refractivity contribution is -0.135. The van der Waals surface area contributed by atoms with Gasteiger partial charge in [-0.1, -0.05) is 39.0 Å². The summed E-state index contributed by atoms with van der Waals surface area (Å²) >= 11 is 0. The third-order valence-corrected chi connectivity index (χ3v) is 5.38. The van der Waals surface area contributed by atoms with Gasteiger partial charge in [0.05, 0.1) is 11.8 Å². The van der Waals surface area contributed by atoms with Gasteiger partial charge in [-0.15, -0.1) is 0 Å². The average Bonchev–Trinajstić information content (AvgIpc) is 3.36. The SMILES string of the molecule is CC1CCN(C(=O)C2CC2C(=O)Nc2ccccc2C(C)C)CC1. The number of benzene rings is 1. The van der Waals surface area contributed by atoms with Gasteiger partial charge in [-0.3, -0.25) is 9.59 Å². The highest BCUT2D eigenvalue weighted by Gasteiger charge is 2.49. The number of piperidine rings is 1. The lowest BCUT2D eigenvalue weighted by Crippen LogP contribution is -2.39. The number of nitrogens with one attached hydrogen (secondary N) is 1. The summed E-state index contributed by atoms with van der Waals surface area (Å²) < 4.78 is 0. The summed E-state index contributed by atoms with van der Waals surface area (Å²) in [4.78, 5) is 27.0. The highest BCUT2D eigenvalue weighted by Crippen LogP contribution is 2.41. The van der Waals surface area contributed by atoms with Gasteiger partial charge in [0.25, 0.3) is 0 Å². The first-order valence-electron chi connectivity index (χ1n) is 9.16. The molecule has 4 heteroatoms. The summed E-state index contributed by atoms with van der Waals surface area (Å²) in [6.45, 7) is 8.17. The van der Waals surface area contributed by atoms with E-state index in [4.69, 9.17) is 0 Å². The Morgan fingerprint density at radius 3 is 2.46 bits per heavy atom. The van der Waals surface area contributed by atoms with Gasteiger partial charge >= 0.3 is 0 Å². The number of carbonyl (C=O) groups excluding carboxylic acids is 2. The van der Waals surface area contributed by atoms with Gasteiger partial charge in [0.2, 0.25) is 11.8 Å². The van der Waals surface area contributed by atoms with Crippen molar-refractivity contribution in [3.05, 3.63) is 29.8 Å². The number of nitrogens with zero attached hydrogens (tertiary/aromatic N) is 1. The molecular formula is C20H28N2O2. The second-order valence-corrected chi connectivity index (χ2v) is 7.69. The molecule has 130 valence electrons. The van der Waals surface area contributed by atoms with Crippen LogP contribution in [-0.2, 0) is 9.59 Å². The van der Waals surface area contributed by atoms with Crippen LogP contribution < -0.4 is 5.32 Å². The second kappa shape index (κ2) is 6.96. The number of hydrogen-bond acceptors (Lipinski definition) is 2. The molecule has 1 saturated heterocycles. The van der Waals surface area contributed by atoms with Crippen LogP contribution in [0.15, 0.2) is 24.3 Å². The van der Waals surface area contributed by atoms with Gasteiger partial charge in [0.1, 0.15) is 0 Å². The minimum Gasteiger partial charge on any atom is -0.342 e. The Morgan fingerprint density at radius 1 is 1.12 bits per heavy atom. The molecule has 2 atom stereocenters. The molecule has 0 bridgehead atoms. The molecule has 0 spiro atoms. The Bertz CT molecular complexity index is 618. The molecule has 1 aliphatic heterocycles. The topological polar surface area (TPSA) is 49.4 Å². The van der Waals surface area contributed by atoms with Crippen LogP contribution in [0.4, 0.5) is 5.69 Å². The third kappa shape index (κ3) is 3.63. The normalized spacial score (nSPS) is 24.1. The van der Waals surface area contributed by atoms with Crippen molar-refractivity contribution in [1.82, 2.24) is 4.90 Å². The number of anilines is 1. The molecule has 1 aliphatic carbocycles. The van der Waals surface area contributed by atoms with Crippen LogP contribution in [0.25, 0.3) is 0 Å². The smallest absolute Gasteiger partial charge is 0.228 e. The summed E-state index contributed by atoms with van der Waals surface area (Å²) in [5, 5.41) is 3.04. The summed E-state index contributed by atoms with van der Waals surface area (Å²) in [6.07, 6.45) is 2.86. The van der Waals surface area contributed by atoms with Crippen molar-refractivity contribution in [3.8, 4) is 0 Å². The van der Waals surface area contributed by atoms with E-state index < -0.39 is 0 Å². The summed E-state index contributed by atoms with van der Waals surface area (Å²) in [5.41, 5.74) is 2.02. The van der Waals surface area contributed by atoms with Crippen molar-refractivity contribution in [2.75, 3.05) is 18.4 Å². The molecular weight excluding hydrogens is 300 g/mol. The first-order valence-corrected chi connectivity index (χ1v) is 9.16. The molecule has 1 N–H and O–H groups in total. The van der Waals surface area contributed by atoms with Gasteiger partial charge in [-0.25, -0.2) is 0 Å². The lowest BCUT2D eigenvalue weighted by atomic mass is 9.99. The fourth-order valence-corrected chi connectivity index (χ4v) is 3.56. The van der Waals surface area contributed by atoms with E-state index in [1.807, 2.05) is 29.2 Å². The number of amides is 2. The van der Waals surface area contributed by atoms with Crippen molar-refractivity contribution >= 4 is 17.5 Å². The van der Waals surface area contributed by atoms with Crippen molar-refractivity contribution in [2.24, 2.45) is 17.8 Å². The van der Waals surface area contributed by atoms with Crippen LogP contribution in [-0.4, -0.2) is 29.8 Å². The predicted molar refractivity (Wildman–Crippen MR) is 95.7 cm³/mol. The van der Waals surface area contributed by atoms with Gasteiger partial charge < -0.3 is 10.2 Å². The standard InChI is InChI=1S/C20H28N2O2/c1-13(2)15-6-4-5-7-18(15)21-19(23)16-12-17(16)20(24)22-10-8-14(3)9-11-22/h4-7,13-14,16-17H,8-12H2,1-3H3,(H,21,23). The molecule has 4 nitrogen and oxygen atoms in total. The molecule has 2 amide bonds. The van der Waals surface area contributed by atoms with Crippen LogP contribution >= 0.6 is 0 Å². The van der Waals surface area contributed by atoms with Gasteiger partial charge in [-0.2, -0.15) is 0 Å². The van der Waals surface area contributed by atoms with E-state index in [0.29, 0.717) is 18.3 Å². The van der Waals surface area contributed by atoms with Crippen LogP contribution in [0.3, 0.4) is 0 Å². The second-order valence-electron chi connectivity index (χ2n) is 7.69. The quantitative estimate of drug-likeness (QED) is 0.917. The number of hydrogen-bond donors (Lipinski definition) is 1. The van der Waals surface area contributed by atoms with E-state index in [0.717, 1.165) is 37.2 Å². The summed E-state index contributed by atoms with van der Waals surface area (Å²) in [5.74, 6) is 0.973. The van der Waals surface area contributed by atoms with Crippen LogP contribution in [0.2, 0.25) is 0 Å². The van der Waals surface area contributed by atoms with Crippen LogP contribution in [0.1, 0.15) is 51.5 Å². The summed E-state index contributed by atoms with van der Waals surface area (Å²) in [7, 11) is 0. The number of para-hydroxylation sites is 1. The maximum Gasteiger partial charge on any atom is 0.228 e. The summed E-state index contributed by atoms with van der Waals surface area (Å²) in [6, 6.07) is 7.92. The zero-order valence-electron chi connectivity index (χ0n) is 14.9. The maximum absolute atomic E-state index is 12.6. The minimum absolute atomic E-state index is 0.00757. The highest BCUT2D eigenvalue weighted by molar-refractivity contribution is 6.00. The zero-order valence-corrected chi connectivity index (χ0v) is 14.9. The molecule has 1 aromatic rings. The van der Waals surface area contributed by atoms with Gasteiger partial charge in [0, 0.05) is 18.8 Å². The fourth-order valence-electron chi connectivity index (χ4n) is 3.56. The molecule has 24 heavy (non-hydrogen) atoms. The van der Waals surface area contributed by atoms with Gasteiger partial charge in [-0.05, 0) is 42.7 Å². The average molecular weight is 328 g/mol. The molecule has 0 radical (unpaired) electrons. The van der Waals surface area contributed by atoms with Crippen LogP contribution in [0.5, 0.6) is 0 Å². The van der Waals surface area contributed by atoms with Crippen LogP contribution in [0, 0.1) is 17.8 Å². The van der Waals surface area contributed by atoms with Crippen molar-refractivity contribution in [2.45, 2.75) is 46.0 Å². The molecule has 1 aromatic carbocycles. The molecule has 2 fully saturated rings. The van der Waals surface area contributed by atoms with Crippen molar-refractivity contribution in [3.63, 3.8) is 0 Å². The van der Waals surface area contributed by atoms with E-state index in [1.165, 1.54) is 0 Å². The van der Waals surface area contributed by atoms with E-state index in [9.17, 15) is 9.59 Å². The monoisotopic (exact) mass is 328 g/mol. The Hall–Kier alpha value is -1.84. The highest BCUT2D eigenvalue weighted by atomic mass is 16.2. The third-order valence-electron chi connectivity index (χ3n) is 5.38.